The van der Waals surface area contributed by atoms with Gasteiger partial charge < -0.3 is 4.98 Å². The first-order valence-corrected chi connectivity index (χ1v) is 17.4. The molecule has 0 unspecified atom stereocenters. The first-order valence-electron chi connectivity index (χ1n) is 17.4. The van der Waals surface area contributed by atoms with E-state index in [0.29, 0.717) is 11.6 Å². The van der Waals surface area contributed by atoms with E-state index in [1.807, 2.05) is 36.5 Å². The molecule has 53 heavy (non-hydrogen) atoms. The first kappa shape index (κ1) is 35.5. The molecule has 6 heteroatoms. The Morgan fingerprint density at radius 1 is 0.358 bits per heavy atom. The third-order valence-electron chi connectivity index (χ3n) is 9.21. The van der Waals surface area contributed by atoms with Gasteiger partial charge in [-0.2, -0.15) is 0 Å². The number of nitrogens with zero attached hydrogens (tertiary/aromatic N) is 5. The van der Waals surface area contributed by atoms with Gasteiger partial charge >= 0.3 is 0 Å². The summed E-state index contributed by atoms with van der Waals surface area (Å²) >= 11 is 0. The van der Waals surface area contributed by atoms with Crippen molar-refractivity contribution < 1.29 is 20.1 Å². The van der Waals surface area contributed by atoms with Crippen LogP contribution in [-0.2, 0) is 20.1 Å². The van der Waals surface area contributed by atoms with Crippen molar-refractivity contribution in [1.29, 1.82) is 0 Å². The monoisotopic (exact) mass is 863 g/mol. The maximum atomic E-state index is 5.00. The van der Waals surface area contributed by atoms with Gasteiger partial charge in [0.1, 0.15) is 5.82 Å². The third kappa shape index (κ3) is 7.95. The van der Waals surface area contributed by atoms with Crippen LogP contribution in [0.25, 0.3) is 79.1 Å². The number of aryl methyl sites for hydroxylation is 4. The summed E-state index contributed by atoms with van der Waals surface area (Å²) < 4.78 is 0. The maximum absolute atomic E-state index is 5.00. The Morgan fingerprint density at radius 2 is 0.698 bits per heavy atom. The van der Waals surface area contributed by atoms with Crippen LogP contribution in [0, 0.1) is 33.8 Å². The van der Waals surface area contributed by atoms with E-state index in [-0.39, 0.29) is 20.1 Å². The van der Waals surface area contributed by atoms with Crippen LogP contribution < -0.4 is 0 Å². The molecular weight excluding hydrogens is 827 g/mol. The third-order valence-corrected chi connectivity index (χ3v) is 9.21. The molecule has 3 aromatic heterocycles. The number of pyridine rings is 1. The van der Waals surface area contributed by atoms with Gasteiger partial charge in [0.05, 0.1) is 22.8 Å². The molecule has 0 fully saturated rings. The van der Waals surface area contributed by atoms with Gasteiger partial charge in [-0.1, -0.05) is 137 Å². The number of benzene rings is 5. The fraction of sp³-hybridized carbons (Fsp3) is 0.0851. The van der Waals surface area contributed by atoms with E-state index in [0.717, 1.165) is 67.4 Å². The van der Waals surface area contributed by atoms with Crippen LogP contribution in [0.3, 0.4) is 0 Å². The van der Waals surface area contributed by atoms with Gasteiger partial charge in [0.25, 0.3) is 0 Å². The zero-order chi connectivity index (χ0) is 35.6. The van der Waals surface area contributed by atoms with E-state index in [4.69, 9.17) is 24.9 Å². The molecule has 0 atom stereocenters. The van der Waals surface area contributed by atoms with Gasteiger partial charge in [0, 0.05) is 54.1 Å². The van der Waals surface area contributed by atoms with Gasteiger partial charge in [-0.15, -0.1) is 29.8 Å². The standard InChI is InChI=1S/C47H36N5.Ir/c1-30-5-13-35(14-6-30)42-27-43(36-15-7-31(2)8-16-36)50-46(49-42)39-23-21-34(22-24-39)41-26-25-40(29-48-41)47-51-44(37-17-9-32(3)10-18-37)28-45(52-47)38-19-11-33(4)12-20-38;/h5-21,23-29H,1-4H3;/q-1;. The number of rotatable bonds is 7. The molecule has 0 saturated carbocycles. The van der Waals surface area contributed by atoms with Crippen molar-refractivity contribution in [3.63, 3.8) is 0 Å². The van der Waals surface area contributed by atoms with E-state index in [1.165, 1.54) is 22.3 Å². The summed E-state index contributed by atoms with van der Waals surface area (Å²) in [6.07, 6.45) is 1.84. The topological polar surface area (TPSA) is 64.5 Å². The maximum Gasteiger partial charge on any atom is 0.161 e. The van der Waals surface area contributed by atoms with Crippen molar-refractivity contribution in [3.05, 3.63) is 174 Å². The minimum atomic E-state index is 0. The second kappa shape index (κ2) is 15.3. The molecule has 0 bridgehead atoms. The van der Waals surface area contributed by atoms with Crippen LogP contribution in [-0.4, -0.2) is 24.9 Å². The van der Waals surface area contributed by atoms with Crippen LogP contribution in [0.1, 0.15) is 22.3 Å². The number of aromatic nitrogens is 5. The zero-order valence-corrected chi connectivity index (χ0v) is 32.3. The summed E-state index contributed by atoms with van der Waals surface area (Å²) in [5.74, 6) is 1.27. The summed E-state index contributed by atoms with van der Waals surface area (Å²) in [6.45, 7) is 8.36. The van der Waals surface area contributed by atoms with Crippen LogP contribution in [0.4, 0.5) is 0 Å². The van der Waals surface area contributed by atoms with Gasteiger partial charge in [-0.05, 0) is 45.5 Å². The van der Waals surface area contributed by atoms with Crippen LogP contribution >= 0.6 is 0 Å². The largest absolute Gasteiger partial charge is 0.304 e. The van der Waals surface area contributed by atoms with Crippen molar-refractivity contribution >= 4 is 0 Å². The summed E-state index contributed by atoms with van der Waals surface area (Å²) in [5, 5.41) is 0. The molecule has 0 saturated heterocycles. The molecule has 0 spiro atoms. The van der Waals surface area contributed by atoms with E-state index < -0.39 is 0 Å². The summed E-state index contributed by atoms with van der Waals surface area (Å²) in [7, 11) is 0. The van der Waals surface area contributed by atoms with Crippen molar-refractivity contribution in [3.8, 4) is 79.1 Å². The minimum absolute atomic E-state index is 0. The Hall–Kier alpha value is -5.94. The van der Waals surface area contributed by atoms with E-state index >= 15 is 0 Å². The molecule has 0 aliphatic heterocycles. The molecule has 259 valence electrons. The van der Waals surface area contributed by atoms with E-state index in [9.17, 15) is 0 Å². The summed E-state index contributed by atoms with van der Waals surface area (Å²) in [6, 6.07) is 51.3. The minimum Gasteiger partial charge on any atom is -0.304 e. The molecular formula is C47H36IrN5-. The van der Waals surface area contributed by atoms with Gasteiger partial charge in [-0.25, -0.2) is 19.9 Å². The molecule has 3 heterocycles. The normalized spacial score (nSPS) is 10.9. The van der Waals surface area contributed by atoms with Gasteiger partial charge in [0.15, 0.2) is 5.82 Å². The Morgan fingerprint density at radius 3 is 1.02 bits per heavy atom. The van der Waals surface area contributed by atoms with Crippen LogP contribution in [0.2, 0.25) is 0 Å². The Bertz CT molecular complexity index is 2180. The SMILES string of the molecule is Cc1ccc(-c2cc(-c3ccc(C)cc3)nc(-c3c[c-]c(-c4ccc(-c5nc(-c6ccc(C)cc6)cc(-c6ccc(C)cc6)n5)cn4)cc3)n2)cc1.[Ir]. The zero-order valence-electron chi connectivity index (χ0n) is 29.9. The molecule has 8 aromatic rings. The first-order chi connectivity index (χ1) is 25.3. The second-order valence-corrected chi connectivity index (χ2v) is 13.3. The Balaban J connectivity index is 0.00000435. The molecule has 8 rings (SSSR count). The van der Waals surface area contributed by atoms with Crippen molar-refractivity contribution in [2.75, 3.05) is 0 Å². The molecule has 5 aromatic carbocycles. The molecule has 0 N–H and O–H groups in total. The fourth-order valence-corrected chi connectivity index (χ4v) is 6.05. The average Bonchev–Trinajstić information content (AvgIpc) is 3.19. The van der Waals surface area contributed by atoms with E-state index in [1.54, 1.807) is 0 Å². The fourth-order valence-electron chi connectivity index (χ4n) is 6.05. The predicted octanol–water partition coefficient (Wildman–Crippen LogP) is 11.4. The average molecular weight is 863 g/mol. The molecule has 1 radical (unpaired) electrons. The second-order valence-electron chi connectivity index (χ2n) is 13.3. The van der Waals surface area contributed by atoms with Crippen LogP contribution in [0.5, 0.6) is 0 Å². The van der Waals surface area contributed by atoms with Crippen molar-refractivity contribution in [2.24, 2.45) is 0 Å². The quantitative estimate of drug-likeness (QED) is 0.149. The van der Waals surface area contributed by atoms with Crippen LogP contribution in [0.15, 0.2) is 146 Å². The molecule has 0 aliphatic rings. The Labute approximate surface area is 324 Å². The van der Waals surface area contributed by atoms with Gasteiger partial charge in [-0.3, -0.25) is 0 Å². The van der Waals surface area contributed by atoms with Crippen molar-refractivity contribution in [1.82, 2.24) is 24.9 Å². The predicted molar refractivity (Wildman–Crippen MR) is 211 cm³/mol. The Kier molecular flexibility index (Phi) is 10.3. The molecule has 0 amide bonds. The number of hydrogen-bond acceptors (Lipinski definition) is 5. The summed E-state index contributed by atoms with van der Waals surface area (Å²) in [4.78, 5) is 24.8. The summed E-state index contributed by atoms with van der Waals surface area (Å²) in [5.41, 5.74) is 15.9. The van der Waals surface area contributed by atoms with Gasteiger partial charge in [0.2, 0.25) is 0 Å². The molecule has 0 aliphatic carbocycles. The van der Waals surface area contributed by atoms with Crippen molar-refractivity contribution in [2.45, 2.75) is 27.7 Å². The molecule has 5 nitrogen and oxygen atoms in total. The number of hydrogen-bond donors (Lipinski definition) is 0. The van der Waals surface area contributed by atoms with E-state index in [2.05, 4.69) is 143 Å². The smallest absolute Gasteiger partial charge is 0.161 e.